The van der Waals surface area contributed by atoms with E-state index in [1.54, 1.807) is 36.1 Å². The van der Waals surface area contributed by atoms with Crippen LogP contribution >= 0.6 is 0 Å². The van der Waals surface area contributed by atoms with Crippen LogP contribution in [-0.2, 0) is 27.4 Å². The topological polar surface area (TPSA) is 72.0 Å². The maximum Gasteiger partial charge on any atom is 0.340 e. The molecule has 0 N–H and O–H groups in total. The van der Waals surface area contributed by atoms with Gasteiger partial charge in [-0.1, -0.05) is 62.4 Å². The van der Waals surface area contributed by atoms with Gasteiger partial charge in [-0.3, -0.25) is 9.78 Å². The Morgan fingerprint density at radius 1 is 0.885 bits per heavy atom. The van der Waals surface area contributed by atoms with E-state index in [4.69, 9.17) is 14.5 Å². The number of carbonyl (C=O) groups excluding carboxylic acids is 2. The van der Waals surface area contributed by atoms with Gasteiger partial charge in [0.05, 0.1) is 23.5 Å². The van der Waals surface area contributed by atoms with Crippen LogP contribution in [0.25, 0.3) is 11.1 Å². The van der Waals surface area contributed by atoms with Gasteiger partial charge in [0, 0.05) is 48.7 Å². The number of amides is 1. The average Bonchev–Trinajstić information content (AvgIpc) is 3.08. The van der Waals surface area contributed by atoms with Crippen molar-refractivity contribution < 1.29 is 27.8 Å². The van der Waals surface area contributed by atoms with Crippen molar-refractivity contribution in [3.05, 3.63) is 118 Å². The summed E-state index contributed by atoms with van der Waals surface area (Å²) in [5, 5.41) is 0. The molecule has 0 unspecified atom stereocenters. The van der Waals surface area contributed by atoms with Gasteiger partial charge in [-0.2, -0.15) is 0 Å². The van der Waals surface area contributed by atoms with Crippen molar-refractivity contribution in [2.75, 3.05) is 24.6 Å². The number of aryl methyl sites for hydroxylation is 2. The Morgan fingerprint density at radius 2 is 1.46 bits per heavy atom. The molecule has 1 fully saturated rings. The highest BCUT2D eigenvalue weighted by atomic mass is 19.1. The third kappa shape index (κ3) is 9.23. The molecule has 1 saturated heterocycles. The molecule has 1 amide bonds. The van der Waals surface area contributed by atoms with Crippen molar-refractivity contribution >= 4 is 17.6 Å². The second-order valence-electron chi connectivity index (χ2n) is 15.4. The molecule has 0 bridgehead atoms. The minimum atomic E-state index is -0.986. The Kier molecular flexibility index (Phi) is 11.8. The van der Waals surface area contributed by atoms with E-state index in [0.717, 1.165) is 59.6 Å². The van der Waals surface area contributed by atoms with Crippen LogP contribution in [0.5, 0.6) is 0 Å². The molecular weight excluding hydrogens is 660 g/mol. The molecule has 52 heavy (non-hydrogen) atoms. The molecule has 0 radical (unpaired) electrons. The summed E-state index contributed by atoms with van der Waals surface area (Å²) in [6.07, 6.45) is 0.977. The fraction of sp³-hybridized carbons (Fsp3) is 0.419. The summed E-state index contributed by atoms with van der Waals surface area (Å²) in [7, 11) is 0. The van der Waals surface area contributed by atoms with E-state index in [9.17, 15) is 18.4 Å². The zero-order valence-corrected chi connectivity index (χ0v) is 31.7. The minimum absolute atomic E-state index is 0.0295. The Bertz CT molecular complexity index is 1870. The summed E-state index contributed by atoms with van der Waals surface area (Å²) in [6, 6.07) is 19.8. The number of piperidine rings is 1. The third-order valence-electron chi connectivity index (χ3n) is 9.54. The van der Waals surface area contributed by atoms with E-state index in [2.05, 4.69) is 18.7 Å². The van der Waals surface area contributed by atoms with Crippen LogP contribution in [0.15, 0.2) is 72.8 Å². The van der Waals surface area contributed by atoms with E-state index < -0.39 is 29.4 Å². The van der Waals surface area contributed by atoms with E-state index in [0.29, 0.717) is 11.3 Å². The molecule has 1 aromatic heterocycles. The number of benzene rings is 3. The van der Waals surface area contributed by atoms with E-state index >= 15 is 0 Å². The number of carbonyl (C=O) groups is 2. The van der Waals surface area contributed by atoms with Gasteiger partial charge >= 0.3 is 5.97 Å². The molecule has 0 spiro atoms. The van der Waals surface area contributed by atoms with Crippen molar-refractivity contribution in [1.29, 1.82) is 0 Å². The van der Waals surface area contributed by atoms with E-state index in [1.807, 2.05) is 58.9 Å². The summed E-state index contributed by atoms with van der Waals surface area (Å²) in [5.74, 6) is -1.89. The van der Waals surface area contributed by atoms with Gasteiger partial charge in [-0.15, -0.1) is 0 Å². The Morgan fingerprint density at radius 3 is 2.02 bits per heavy atom. The molecule has 1 aliphatic heterocycles. The van der Waals surface area contributed by atoms with Crippen molar-refractivity contribution in [2.24, 2.45) is 5.41 Å². The molecule has 0 saturated carbocycles. The van der Waals surface area contributed by atoms with E-state index in [1.165, 1.54) is 24.3 Å². The molecule has 7 nitrogen and oxygen atoms in total. The largest absolute Gasteiger partial charge is 0.464 e. The molecule has 9 heteroatoms. The van der Waals surface area contributed by atoms with Gasteiger partial charge < -0.3 is 19.3 Å². The molecule has 276 valence electrons. The van der Waals surface area contributed by atoms with Crippen molar-refractivity contribution in [2.45, 2.75) is 93.0 Å². The molecule has 5 rings (SSSR count). The van der Waals surface area contributed by atoms with Gasteiger partial charge in [0.25, 0.3) is 5.91 Å². The second-order valence-corrected chi connectivity index (χ2v) is 15.4. The molecule has 4 aromatic rings. The molecule has 0 aliphatic carbocycles. The van der Waals surface area contributed by atoms with Crippen LogP contribution < -0.4 is 4.90 Å². The first-order chi connectivity index (χ1) is 24.6. The number of anilines is 1. The SMILES string of the molecule is CCOC(=O)[C@@H](OC(C)(C)C)c1c(C)nc(C)c(-c2ccc(CN(Cc3ccc(F)cc3)C(=O)c3ccccc3F)cc2)c1N1CCC(C)(C)CC1. The third-order valence-corrected chi connectivity index (χ3v) is 9.54. The van der Waals surface area contributed by atoms with Crippen LogP contribution in [0, 0.1) is 30.9 Å². The number of ether oxygens (including phenoxy) is 2. The lowest BCUT2D eigenvalue weighted by molar-refractivity contribution is -0.166. The molecular formula is C43H51F2N3O4. The predicted molar refractivity (Wildman–Crippen MR) is 201 cm³/mol. The highest BCUT2D eigenvalue weighted by Crippen LogP contribution is 2.45. The highest BCUT2D eigenvalue weighted by Gasteiger charge is 2.37. The van der Waals surface area contributed by atoms with Crippen LogP contribution in [0.2, 0.25) is 0 Å². The summed E-state index contributed by atoms with van der Waals surface area (Å²) in [5.41, 5.74) is 6.04. The van der Waals surface area contributed by atoms with Crippen molar-refractivity contribution in [3.8, 4) is 11.1 Å². The van der Waals surface area contributed by atoms with Gasteiger partial charge in [0.15, 0.2) is 6.10 Å². The quantitative estimate of drug-likeness (QED) is 0.144. The van der Waals surface area contributed by atoms with Crippen LogP contribution in [0.4, 0.5) is 14.5 Å². The number of hydrogen-bond donors (Lipinski definition) is 0. The Labute approximate surface area is 307 Å². The molecule has 1 aliphatic rings. The van der Waals surface area contributed by atoms with Gasteiger partial charge in [-0.05, 0) is 101 Å². The zero-order valence-electron chi connectivity index (χ0n) is 31.7. The first-order valence-electron chi connectivity index (χ1n) is 18.0. The second kappa shape index (κ2) is 15.9. The molecule has 3 aromatic carbocycles. The zero-order chi connectivity index (χ0) is 37.8. The molecule has 2 heterocycles. The maximum atomic E-state index is 14.8. The summed E-state index contributed by atoms with van der Waals surface area (Å²) in [6.45, 7) is 18.2. The first-order valence-corrected chi connectivity index (χ1v) is 18.0. The predicted octanol–water partition coefficient (Wildman–Crippen LogP) is 9.53. The number of halogens is 2. The van der Waals surface area contributed by atoms with Crippen molar-refractivity contribution in [3.63, 3.8) is 0 Å². The standard InChI is InChI=1S/C43H51F2N3O4/c1-9-51-41(50)39(52-42(4,5)6)37-29(3)46-28(2)36(38(37)47-24-22-43(7,8)23-25-47)32-18-14-30(15-19-32)26-48(27-31-16-20-33(44)21-17-31)40(49)34-12-10-11-13-35(34)45/h10-21,39H,9,22-27H2,1-8H3/t39-/m0/s1. The lowest BCUT2D eigenvalue weighted by atomic mass is 9.81. The van der Waals surface area contributed by atoms with Crippen LogP contribution in [0.3, 0.4) is 0 Å². The first kappa shape index (κ1) is 38.6. The molecule has 1 atom stereocenters. The number of nitrogens with zero attached hydrogens (tertiary/aromatic N) is 3. The van der Waals surface area contributed by atoms with Crippen LogP contribution in [0.1, 0.15) is 98.9 Å². The number of hydrogen-bond acceptors (Lipinski definition) is 6. The Hall–Kier alpha value is -4.63. The number of esters is 1. The number of aromatic nitrogens is 1. The summed E-state index contributed by atoms with van der Waals surface area (Å²) < 4.78 is 40.6. The highest BCUT2D eigenvalue weighted by molar-refractivity contribution is 5.94. The van der Waals surface area contributed by atoms with Gasteiger partial charge in [-0.25, -0.2) is 13.6 Å². The normalized spacial score (nSPS) is 14.9. The Balaban J connectivity index is 1.58. The van der Waals surface area contributed by atoms with Gasteiger partial charge in [0.2, 0.25) is 0 Å². The number of pyridine rings is 1. The summed E-state index contributed by atoms with van der Waals surface area (Å²) in [4.78, 5) is 36.3. The number of rotatable bonds is 11. The van der Waals surface area contributed by atoms with Gasteiger partial charge in [0.1, 0.15) is 11.6 Å². The monoisotopic (exact) mass is 711 g/mol. The average molecular weight is 712 g/mol. The van der Waals surface area contributed by atoms with Crippen molar-refractivity contribution in [1.82, 2.24) is 9.88 Å². The fourth-order valence-electron chi connectivity index (χ4n) is 6.78. The lowest BCUT2D eigenvalue weighted by Gasteiger charge is -2.41. The lowest BCUT2D eigenvalue weighted by Crippen LogP contribution is -2.39. The smallest absolute Gasteiger partial charge is 0.340 e. The minimum Gasteiger partial charge on any atom is -0.464 e. The van der Waals surface area contributed by atoms with E-state index in [-0.39, 0.29) is 36.5 Å². The fourth-order valence-corrected chi connectivity index (χ4v) is 6.78. The maximum absolute atomic E-state index is 14.8. The summed E-state index contributed by atoms with van der Waals surface area (Å²) >= 11 is 0. The van der Waals surface area contributed by atoms with Crippen LogP contribution in [-0.4, -0.2) is 47.1 Å².